The number of rotatable bonds is 16. The van der Waals surface area contributed by atoms with Crippen molar-refractivity contribution in [3.05, 3.63) is 65.7 Å². The Morgan fingerprint density at radius 3 is 1.83 bits per heavy atom. The maximum Gasteiger partial charge on any atom is 0.326 e. The zero-order valence-corrected chi connectivity index (χ0v) is 23.1. The molecular weight excluding hydrogens is 532 g/mol. The van der Waals surface area contributed by atoms with E-state index in [1.54, 1.807) is 49.4 Å². The van der Waals surface area contributed by atoms with Gasteiger partial charge in [0.2, 0.25) is 17.7 Å². The van der Waals surface area contributed by atoms with Crippen molar-refractivity contribution in [1.82, 2.24) is 16.0 Å². The molecule has 5 atom stereocenters. The Kier molecular flexibility index (Phi) is 12.8. The minimum atomic E-state index is -1.40. The highest BCUT2D eigenvalue weighted by atomic mass is 16.4. The first kappa shape index (κ1) is 32.8. The lowest BCUT2D eigenvalue weighted by atomic mass is 9.98. The van der Waals surface area contributed by atoms with Crippen molar-refractivity contribution in [2.45, 2.75) is 70.1 Å². The molecule has 0 aliphatic rings. The molecule has 2 aromatic rings. The number of hydrogen-bond donors (Lipinski definition) is 7. The smallest absolute Gasteiger partial charge is 0.326 e. The minimum absolute atomic E-state index is 0.00599. The Balaban J connectivity index is 2.27. The molecule has 0 saturated heterocycles. The van der Waals surface area contributed by atoms with E-state index in [-0.39, 0.29) is 30.9 Å². The highest BCUT2D eigenvalue weighted by Gasteiger charge is 2.31. The first-order valence-electron chi connectivity index (χ1n) is 13.3. The Bertz CT molecular complexity index is 1190. The molecule has 0 heterocycles. The number of aliphatic carboxylic acids is 2. The van der Waals surface area contributed by atoms with Crippen molar-refractivity contribution in [3.63, 3.8) is 0 Å². The lowest BCUT2D eigenvalue weighted by Crippen LogP contribution is -2.58. The predicted molar refractivity (Wildman–Crippen MR) is 150 cm³/mol. The summed E-state index contributed by atoms with van der Waals surface area (Å²) < 4.78 is 0. The number of aromatic hydroxyl groups is 1. The number of benzene rings is 2. The van der Waals surface area contributed by atoms with Gasteiger partial charge in [-0.2, -0.15) is 0 Å². The van der Waals surface area contributed by atoms with Crippen LogP contribution in [0.5, 0.6) is 5.75 Å². The first-order chi connectivity index (χ1) is 19.4. The van der Waals surface area contributed by atoms with Gasteiger partial charge >= 0.3 is 11.9 Å². The van der Waals surface area contributed by atoms with Gasteiger partial charge in [0.25, 0.3) is 0 Å². The summed E-state index contributed by atoms with van der Waals surface area (Å²) >= 11 is 0. The molecular formula is C29H38N4O8. The van der Waals surface area contributed by atoms with Crippen LogP contribution in [0.4, 0.5) is 0 Å². The Hall–Kier alpha value is -4.45. The number of carboxylic acids is 2. The van der Waals surface area contributed by atoms with E-state index in [2.05, 4.69) is 16.0 Å². The molecule has 5 unspecified atom stereocenters. The molecule has 0 aliphatic carbocycles. The summed E-state index contributed by atoms with van der Waals surface area (Å²) in [5, 5.41) is 36.0. The molecule has 0 fully saturated rings. The van der Waals surface area contributed by atoms with Crippen LogP contribution in [0.2, 0.25) is 0 Å². The lowest BCUT2D eigenvalue weighted by molar-refractivity contribution is -0.143. The van der Waals surface area contributed by atoms with E-state index < -0.39 is 60.2 Å². The second-order valence-corrected chi connectivity index (χ2v) is 9.93. The Morgan fingerprint density at radius 1 is 0.756 bits per heavy atom. The molecule has 0 bridgehead atoms. The minimum Gasteiger partial charge on any atom is -0.508 e. The van der Waals surface area contributed by atoms with E-state index in [1.165, 1.54) is 12.1 Å². The van der Waals surface area contributed by atoms with Crippen LogP contribution in [0.3, 0.4) is 0 Å². The van der Waals surface area contributed by atoms with E-state index in [0.717, 1.165) is 0 Å². The average molecular weight is 571 g/mol. The van der Waals surface area contributed by atoms with Crippen LogP contribution in [-0.2, 0) is 36.8 Å². The third-order valence-corrected chi connectivity index (χ3v) is 6.75. The maximum atomic E-state index is 13.4. The first-order valence-corrected chi connectivity index (χ1v) is 13.3. The van der Waals surface area contributed by atoms with E-state index in [0.29, 0.717) is 17.5 Å². The van der Waals surface area contributed by atoms with Gasteiger partial charge in [-0.1, -0.05) is 62.7 Å². The third-order valence-electron chi connectivity index (χ3n) is 6.75. The monoisotopic (exact) mass is 570 g/mol. The van der Waals surface area contributed by atoms with Gasteiger partial charge in [-0.05, 0) is 35.6 Å². The number of phenolic OH excluding ortho intramolecular Hbond substituents is 1. The molecule has 41 heavy (non-hydrogen) atoms. The zero-order chi connectivity index (χ0) is 30.5. The average Bonchev–Trinajstić information content (AvgIpc) is 2.94. The van der Waals surface area contributed by atoms with Gasteiger partial charge in [0.05, 0.1) is 6.04 Å². The van der Waals surface area contributed by atoms with Crippen LogP contribution < -0.4 is 21.7 Å². The van der Waals surface area contributed by atoms with Crippen LogP contribution in [0.25, 0.3) is 0 Å². The predicted octanol–water partition coefficient (Wildman–Crippen LogP) is 0.955. The standard InChI is InChI=1S/C29H38N4O8/c1-3-17(2)25(30)28(39)32-22(15-19-9-11-20(34)12-10-19)27(38)31-21(13-14-24(35)36)26(37)33-23(29(40)41)16-18-7-5-4-6-8-18/h4-12,17,21-23,25,34H,3,13-16,30H2,1-2H3,(H,31,38)(H,32,39)(H,33,37)(H,35,36)(H,40,41). The quantitative estimate of drug-likeness (QED) is 0.153. The van der Waals surface area contributed by atoms with Gasteiger partial charge in [0.1, 0.15) is 23.9 Å². The van der Waals surface area contributed by atoms with Crippen LogP contribution >= 0.6 is 0 Å². The summed E-state index contributed by atoms with van der Waals surface area (Å²) in [4.78, 5) is 62.6. The topological polar surface area (TPSA) is 208 Å². The fraction of sp³-hybridized carbons (Fsp3) is 0.414. The van der Waals surface area contributed by atoms with Crippen LogP contribution in [0.1, 0.15) is 44.2 Å². The number of carboxylic acid groups (broad SMARTS) is 2. The third kappa shape index (κ3) is 10.9. The molecule has 12 heteroatoms. The van der Waals surface area contributed by atoms with Gasteiger partial charge < -0.3 is 37.0 Å². The van der Waals surface area contributed by atoms with E-state index in [4.69, 9.17) is 5.73 Å². The molecule has 0 saturated carbocycles. The molecule has 2 rings (SSSR count). The van der Waals surface area contributed by atoms with Crippen LogP contribution in [-0.4, -0.2) is 69.1 Å². The van der Waals surface area contributed by atoms with E-state index in [1.807, 2.05) is 6.92 Å². The number of hydrogen-bond acceptors (Lipinski definition) is 7. The molecule has 0 spiro atoms. The number of phenols is 1. The summed E-state index contributed by atoms with van der Waals surface area (Å²) in [6.45, 7) is 3.66. The molecule has 0 aliphatic heterocycles. The normalized spacial score (nSPS) is 14.5. The maximum absolute atomic E-state index is 13.4. The molecule has 12 nitrogen and oxygen atoms in total. The van der Waals surface area contributed by atoms with Gasteiger partial charge in [-0.15, -0.1) is 0 Å². The molecule has 222 valence electrons. The van der Waals surface area contributed by atoms with Gasteiger partial charge in [-0.25, -0.2) is 4.79 Å². The SMILES string of the molecule is CCC(C)C(N)C(=O)NC(Cc1ccc(O)cc1)C(=O)NC(CCC(=O)O)C(=O)NC(Cc1ccccc1)C(=O)O. The van der Waals surface area contributed by atoms with Crippen molar-refractivity contribution in [2.24, 2.45) is 11.7 Å². The Morgan fingerprint density at radius 2 is 1.27 bits per heavy atom. The lowest BCUT2D eigenvalue weighted by Gasteiger charge is -2.26. The summed E-state index contributed by atoms with van der Waals surface area (Å²) in [7, 11) is 0. The summed E-state index contributed by atoms with van der Waals surface area (Å²) in [5.41, 5.74) is 7.29. The molecule has 8 N–H and O–H groups in total. The van der Waals surface area contributed by atoms with E-state index in [9.17, 15) is 39.3 Å². The van der Waals surface area contributed by atoms with Crippen molar-refractivity contribution in [1.29, 1.82) is 0 Å². The van der Waals surface area contributed by atoms with Crippen molar-refractivity contribution in [2.75, 3.05) is 0 Å². The van der Waals surface area contributed by atoms with Crippen molar-refractivity contribution in [3.8, 4) is 5.75 Å². The fourth-order valence-electron chi connectivity index (χ4n) is 3.99. The summed E-state index contributed by atoms with van der Waals surface area (Å²) in [6.07, 6.45) is -0.243. The number of nitrogens with two attached hydrogens (primary N) is 1. The number of carbonyl (C=O) groups excluding carboxylic acids is 3. The van der Waals surface area contributed by atoms with Gasteiger partial charge in [-0.3, -0.25) is 19.2 Å². The van der Waals surface area contributed by atoms with Gasteiger partial charge in [0, 0.05) is 19.3 Å². The molecule has 0 aromatic heterocycles. The molecule has 0 radical (unpaired) electrons. The second-order valence-electron chi connectivity index (χ2n) is 9.93. The number of amides is 3. The largest absolute Gasteiger partial charge is 0.508 e. The van der Waals surface area contributed by atoms with Crippen LogP contribution in [0, 0.1) is 5.92 Å². The number of carbonyl (C=O) groups is 5. The van der Waals surface area contributed by atoms with Crippen LogP contribution in [0.15, 0.2) is 54.6 Å². The fourth-order valence-corrected chi connectivity index (χ4v) is 3.99. The van der Waals surface area contributed by atoms with Crippen molar-refractivity contribution < 1.29 is 39.3 Å². The second kappa shape index (κ2) is 16.0. The van der Waals surface area contributed by atoms with Gasteiger partial charge in [0.15, 0.2) is 0 Å². The highest BCUT2D eigenvalue weighted by Crippen LogP contribution is 2.13. The highest BCUT2D eigenvalue weighted by molar-refractivity contribution is 5.94. The van der Waals surface area contributed by atoms with Crippen molar-refractivity contribution >= 4 is 29.7 Å². The summed E-state index contributed by atoms with van der Waals surface area (Å²) in [6, 6.07) is 9.71. The number of nitrogens with one attached hydrogen (secondary N) is 3. The summed E-state index contributed by atoms with van der Waals surface area (Å²) in [5.74, 6) is -4.95. The van der Waals surface area contributed by atoms with E-state index >= 15 is 0 Å². The molecule has 3 amide bonds. The Labute approximate surface area is 238 Å². The zero-order valence-electron chi connectivity index (χ0n) is 23.1. The molecule has 2 aromatic carbocycles.